The first-order valence-corrected chi connectivity index (χ1v) is 7.99. The number of carbonyl (C=O) groups excluding carboxylic acids is 1. The van der Waals surface area contributed by atoms with E-state index >= 15 is 0 Å². The molecule has 0 aliphatic heterocycles. The molecule has 0 bridgehead atoms. The van der Waals surface area contributed by atoms with Crippen LogP contribution in [0.2, 0.25) is 0 Å². The quantitative estimate of drug-likeness (QED) is 0.890. The average Bonchev–Trinajstić information content (AvgIpc) is 3.19. The van der Waals surface area contributed by atoms with E-state index in [1.165, 1.54) is 12.8 Å². The molecule has 2 N–H and O–H groups in total. The summed E-state index contributed by atoms with van der Waals surface area (Å²) in [6.07, 6.45) is 10.1. The van der Waals surface area contributed by atoms with Gasteiger partial charge in [-0.25, -0.2) is 9.97 Å². The molecule has 0 spiro atoms. The van der Waals surface area contributed by atoms with Gasteiger partial charge in [0.25, 0.3) is 5.91 Å². The van der Waals surface area contributed by atoms with E-state index in [0.29, 0.717) is 11.6 Å². The first-order valence-electron chi connectivity index (χ1n) is 7.99. The molecular weight excluding hydrogens is 266 g/mol. The number of rotatable bonds is 4. The Morgan fingerprint density at radius 3 is 2.67 bits per heavy atom. The van der Waals surface area contributed by atoms with Gasteiger partial charge in [0.1, 0.15) is 11.5 Å². The molecule has 0 unspecified atom stereocenters. The Hall–Kier alpha value is -1.49. The van der Waals surface area contributed by atoms with Crippen LogP contribution in [0.1, 0.15) is 73.6 Å². The first-order chi connectivity index (χ1) is 10.2. The Bertz CT molecular complexity index is 506. The van der Waals surface area contributed by atoms with Gasteiger partial charge < -0.3 is 10.4 Å². The molecule has 0 aromatic carbocycles. The van der Waals surface area contributed by atoms with Crippen molar-refractivity contribution in [1.29, 1.82) is 0 Å². The SMILES string of the molecule is O=C(NC1(CO)CCCC1)c1ccnc(C2CCCC2)n1. The van der Waals surface area contributed by atoms with Crippen LogP contribution in [0, 0.1) is 0 Å². The number of hydrogen-bond acceptors (Lipinski definition) is 4. The second-order valence-electron chi connectivity index (χ2n) is 6.38. The smallest absolute Gasteiger partial charge is 0.270 e. The normalized spacial score (nSPS) is 21.6. The molecule has 21 heavy (non-hydrogen) atoms. The zero-order chi connectivity index (χ0) is 14.7. The molecule has 1 aromatic heterocycles. The zero-order valence-corrected chi connectivity index (χ0v) is 12.3. The second kappa shape index (κ2) is 6.10. The van der Waals surface area contributed by atoms with Crippen LogP contribution >= 0.6 is 0 Å². The summed E-state index contributed by atoms with van der Waals surface area (Å²) in [5.74, 6) is 1.01. The zero-order valence-electron chi connectivity index (χ0n) is 12.3. The Morgan fingerprint density at radius 1 is 1.29 bits per heavy atom. The molecule has 1 heterocycles. The minimum absolute atomic E-state index is 0.000689. The fraction of sp³-hybridized carbons (Fsp3) is 0.688. The molecule has 5 heteroatoms. The van der Waals surface area contributed by atoms with Gasteiger partial charge in [0.05, 0.1) is 12.1 Å². The highest BCUT2D eigenvalue weighted by atomic mass is 16.3. The lowest BCUT2D eigenvalue weighted by atomic mass is 9.98. The van der Waals surface area contributed by atoms with Crippen LogP contribution in [-0.4, -0.2) is 33.1 Å². The Balaban J connectivity index is 1.73. The molecule has 0 radical (unpaired) electrons. The predicted octanol–water partition coefficient (Wildman–Crippen LogP) is 2.17. The van der Waals surface area contributed by atoms with Gasteiger partial charge in [-0.05, 0) is 31.7 Å². The van der Waals surface area contributed by atoms with Gasteiger partial charge >= 0.3 is 0 Å². The molecule has 2 aliphatic carbocycles. The van der Waals surface area contributed by atoms with Crippen LogP contribution in [0.25, 0.3) is 0 Å². The number of nitrogens with zero attached hydrogens (tertiary/aromatic N) is 2. The lowest BCUT2D eigenvalue weighted by Crippen LogP contribution is -2.49. The third-order valence-corrected chi connectivity index (χ3v) is 4.87. The molecule has 1 amide bonds. The lowest BCUT2D eigenvalue weighted by Gasteiger charge is -2.27. The fourth-order valence-corrected chi connectivity index (χ4v) is 3.56. The lowest BCUT2D eigenvalue weighted by molar-refractivity contribution is 0.0833. The molecule has 2 fully saturated rings. The molecule has 3 rings (SSSR count). The molecule has 1 aromatic rings. The van der Waals surface area contributed by atoms with E-state index in [1.807, 2.05) is 0 Å². The fourth-order valence-electron chi connectivity index (χ4n) is 3.56. The van der Waals surface area contributed by atoms with Gasteiger partial charge in [-0.15, -0.1) is 0 Å². The van der Waals surface area contributed by atoms with Crippen molar-refractivity contribution in [2.45, 2.75) is 62.8 Å². The third-order valence-electron chi connectivity index (χ3n) is 4.87. The van der Waals surface area contributed by atoms with Crippen LogP contribution in [-0.2, 0) is 0 Å². The Morgan fingerprint density at radius 2 is 2.00 bits per heavy atom. The largest absolute Gasteiger partial charge is 0.394 e. The number of hydrogen-bond donors (Lipinski definition) is 2. The number of aromatic nitrogens is 2. The molecule has 2 saturated carbocycles. The number of nitrogens with one attached hydrogen (secondary N) is 1. The van der Waals surface area contributed by atoms with E-state index < -0.39 is 5.54 Å². The highest BCUT2D eigenvalue weighted by Crippen LogP contribution is 2.32. The van der Waals surface area contributed by atoms with E-state index in [4.69, 9.17) is 0 Å². The van der Waals surface area contributed by atoms with Gasteiger partial charge in [0.15, 0.2) is 0 Å². The topological polar surface area (TPSA) is 75.1 Å². The molecule has 0 saturated heterocycles. The van der Waals surface area contributed by atoms with Crippen molar-refractivity contribution in [3.8, 4) is 0 Å². The molecule has 2 aliphatic rings. The maximum Gasteiger partial charge on any atom is 0.270 e. The van der Waals surface area contributed by atoms with Crippen molar-refractivity contribution in [3.05, 3.63) is 23.8 Å². The predicted molar refractivity (Wildman–Crippen MR) is 79.0 cm³/mol. The van der Waals surface area contributed by atoms with Crippen LogP contribution in [0.4, 0.5) is 0 Å². The number of aliphatic hydroxyl groups excluding tert-OH is 1. The van der Waals surface area contributed by atoms with Crippen molar-refractivity contribution in [1.82, 2.24) is 15.3 Å². The van der Waals surface area contributed by atoms with Gasteiger partial charge in [-0.2, -0.15) is 0 Å². The standard InChI is InChI=1S/C16H23N3O2/c20-11-16(8-3-4-9-16)19-15(21)13-7-10-17-14(18-13)12-5-1-2-6-12/h7,10,12,20H,1-6,8-9,11H2,(H,19,21). The molecule has 5 nitrogen and oxygen atoms in total. The van der Waals surface area contributed by atoms with E-state index in [-0.39, 0.29) is 12.5 Å². The van der Waals surface area contributed by atoms with Gasteiger partial charge in [0, 0.05) is 12.1 Å². The van der Waals surface area contributed by atoms with Crippen molar-refractivity contribution >= 4 is 5.91 Å². The maximum absolute atomic E-state index is 12.4. The minimum Gasteiger partial charge on any atom is -0.394 e. The van der Waals surface area contributed by atoms with Gasteiger partial charge in [-0.1, -0.05) is 25.7 Å². The maximum atomic E-state index is 12.4. The van der Waals surface area contributed by atoms with E-state index in [1.54, 1.807) is 12.3 Å². The number of aliphatic hydroxyl groups is 1. The second-order valence-corrected chi connectivity index (χ2v) is 6.38. The molecule has 0 atom stereocenters. The monoisotopic (exact) mass is 289 g/mol. The average molecular weight is 289 g/mol. The molecule has 114 valence electrons. The summed E-state index contributed by atoms with van der Waals surface area (Å²) >= 11 is 0. The van der Waals surface area contributed by atoms with Crippen LogP contribution in [0.15, 0.2) is 12.3 Å². The van der Waals surface area contributed by atoms with E-state index in [9.17, 15) is 9.90 Å². The van der Waals surface area contributed by atoms with Crippen molar-refractivity contribution in [2.24, 2.45) is 0 Å². The summed E-state index contributed by atoms with van der Waals surface area (Å²) in [6.45, 7) is -0.000689. The van der Waals surface area contributed by atoms with Crippen LogP contribution in [0.3, 0.4) is 0 Å². The van der Waals surface area contributed by atoms with Crippen molar-refractivity contribution in [2.75, 3.05) is 6.61 Å². The summed E-state index contributed by atoms with van der Waals surface area (Å²) < 4.78 is 0. The van der Waals surface area contributed by atoms with Crippen LogP contribution in [0.5, 0.6) is 0 Å². The summed E-state index contributed by atoms with van der Waals surface area (Å²) in [5, 5.41) is 12.6. The Labute approximate surface area is 125 Å². The van der Waals surface area contributed by atoms with E-state index in [2.05, 4.69) is 15.3 Å². The number of amides is 1. The highest BCUT2D eigenvalue weighted by Gasteiger charge is 2.35. The Kier molecular flexibility index (Phi) is 4.19. The van der Waals surface area contributed by atoms with Crippen molar-refractivity contribution < 1.29 is 9.90 Å². The molecular formula is C16H23N3O2. The van der Waals surface area contributed by atoms with Crippen molar-refractivity contribution in [3.63, 3.8) is 0 Å². The van der Waals surface area contributed by atoms with E-state index in [0.717, 1.165) is 44.3 Å². The first kappa shape index (κ1) is 14.4. The summed E-state index contributed by atoms with van der Waals surface area (Å²) in [4.78, 5) is 21.2. The van der Waals surface area contributed by atoms with Gasteiger partial charge in [-0.3, -0.25) is 4.79 Å². The highest BCUT2D eigenvalue weighted by molar-refractivity contribution is 5.92. The summed E-state index contributed by atoms with van der Waals surface area (Å²) in [7, 11) is 0. The summed E-state index contributed by atoms with van der Waals surface area (Å²) in [6, 6.07) is 1.66. The summed E-state index contributed by atoms with van der Waals surface area (Å²) in [5.41, 5.74) is -0.0261. The van der Waals surface area contributed by atoms with Gasteiger partial charge in [0.2, 0.25) is 0 Å². The minimum atomic E-state index is -0.449. The van der Waals surface area contributed by atoms with Crippen LogP contribution < -0.4 is 5.32 Å². The third kappa shape index (κ3) is 3.07. The number of carbonyl (C=O) groups is 1.